The van der Waals surface area contributed by atoms with Crippen LogP contribution in [0.2, 0.25) is 0 Å². The van der Waals surface area contributed by atoms with Crippen LogP contribution in [0.25, 0.3) is 0 Å². The minimum absolute atomic E-state index is 0.0159. The molecule has 0 bridgehead atoms. The average molecular weight is 353 g/mol. The van der Waals surface area contributed by atoms with Gasteiger partial charge in [-0.1, -0.05) is 12.1 Å². The Hall–Kier alpha value is -3.15. The molecule has 0 aliphatic carbocycles. The third-order valence-corrected chi connectivity index (χ3v) is 3.93. The van der Waals surface area contributed by atoms with E-state index in [0.717, 1.165) is 11.3 Å². The molecular formula is C20H23N3O3. The van der Waals surface area contributed by atoms with Crippen molar-refractivity contribution in [2.75, 3.05) is 17.7 Å². The van der Waals surface area contributed by atoms with E-state index in [1.807, 2.05) is 24.3 Å². The number of likely N-dealkylation sites (N-methyl/N-ethyl adjacent to an activating group) is 1. The van der Waals surface area contributed by atoms with Crippen LogP contribution < -0.4 is 16.0 Å². The predicted octanol–water partition coefficient (Wildman–Crippen LogP) is 2.62. The van der Waals surface area contributed by atoms with Crippen molar-refractivity contribution in [1.29, 1.82) is 0 Å². The lowest BCUT2D eigenvalue weighted by molar-refractivity contribution is -0.120. The maximum Gasteiger partial charge on any atom is 0.246 e. The third kappa shape index (κ3) is 5.44. The smallest absolute Gasteiger partial charge is 0.246 e. The van der Waals surface area contributed by atoms with Crippen molar-refractivity contribution in [2.24, 2.45) is 0 Å². The van der Waals surface area contributed by atoms with Gasteiger partial charge >= 0.3 is 0 Å². The first-order valence-corrected chi connectivity index (χ1v) is 8.37. The number of amides is 2. The van der Waals surface area contributed by atoms with Gasteiger partial charge in [0.2, 0.25) is 11.8 Å². The van der Waals surface area contributed by atoms with Crippen molar-refractivity contribution < 1.29 is 14.4 Å². The lowest BCUT2D eigenvalue weighted by Gasteiger charge is -2.16. The second-order valence-electron chi connectivity index (χ2n) is 6.04. The summed E-state index contributed by atoms with van der Waals surface area (Å²) in [7, 11) is 1.60. The number of carbonyl (C=O) groups is 3. The summed E-state index contributed by atoms with van der Waals surface area (Å²) in [6, 6.07) is 13.7. The maximum atomic E-state index is 12.3. The molecule has 0 aliphatic heterocycles. The summed E-state index contributed by atoms with van der Waals surface area (Å²) >= 11 is 0. The lowest BCUT2D eigenvalue weighted by Crippen LogP contribution is -2.31. The molecule has 26 heavy (non-hydrogen) atoms. The minimum atomic E-state index is -0.452. The summed E-state index contributed by atoms with van der Waals surface area (Å²) in [6.07, 6.45) is 0.322. The quantitative estimate of drug-likeness (QED) is 0.668. The normalized spacial score (nSPS) is 11.3. The van der Waals surface area contributed by atoms with Gasteiger partial charge in [0, 0.05) is 24.0 Å². The Morgan fingerprint density at radius 1 is 0.923 bits per heavy atom. The molecular weight excluding hydrogens is 330 g/mol. The van der Waals surface area contributed by atoms with E-state index in [2.05, 4.69) is 16.0 Å². The van der Waals surface area contributed by atoms with Crippen molar-refractivity contribution in [3.63, 3.8) is 0 Å². The molecule has 6 heteroatoms. The molecule has 0 aromatic heterocycles. The van der Waals surface area contributed by atoms with Crippen LogP contribution in [0.3, 0.4) is 0 Å². The molecule has 0 saturated carbocycles. The maximum absolute atomic E-state index is 12.3. The van der Waals surface area contributed by atoms with E-state index in [1.54, 1.807) is 38.2 Å². The predicted molar refractivity (Wildman–Crippen MR) is 102 cm³/mol. The molecule has 0 aliphatic rings. The van der Waals surface area contributed by atoms with Crippen LogP contribution in [0.15, 0.2) is 48.5 Å². The number of hydrogen-bond acceptors (Lipinski definition) is 4. The van der Waals surface area contributed by atoms with E-state index in [1.165, 1.54) is 6.92 Å². The highest BCUT2D eigenvalue weighted by atomic mass is 16.2. The summed E-state index contributed by atoms with van der Waals surface area (Å²) in [4.78, 5) is 34.9. The molecule has 0 radical (unpaired) electrons. The molecule has 3 N–H and O–H groups in total. The van der Waals surface area contributed by atoms with Gasteiger partial charge in [-0.05, 0) is 55.8 Å². The Labute approximate surface area is 153 Å². The van der Waals surface area contributed by atoms with Gasteiger partial charge in [0.15, 0.2) is 5.78 Å². The Bertz CT molecular complexity index is 783. The summed E-state index contributed by atoms with van der Waals surface area (Å²) in [6.45, 7) is 3.26. The molecule has 0 fully saturated rings. The van der Waals surface area contributed by atoms with Crippen LogP contribution in [0.1, 0.15) is 29.8 Å². The Balaban J connectivity index is 1.91. The number of ketones is 1. The van der Waals surface area contributed by atoms with E-state index >= 15 is 0 Å². The van der Waals surface area contributed by atoms with E-state index < -0.39 is 6.04 Å². The second kappa shape index (κ2) is 8.80. The first-order chi connectivity index (χ1) is 12.4. The van der Waals surface area contributed by atoms with Gasteiger partial charge in [-0.2, -0.15) is 0 Å². The topological polar surface area (TPSA) is 87.3 Å². The summed E-state index contributed by atoms with van der Waals surface area (Å²) in [5.41, 5.74) is 2.93. The zero-order valence-electron chi connectivity index (χ0n) is 15.1. The second-order valence-corrected chi connectivity index (χ2v) is 6.04. The standard InChI is InChI=1S/C20H23N3O3/c1-13(20(26)23-18-10-6-16(7-11-18)14(2)24)22-17-8-4-15(5-9-17)12-19(25)21-3/h4-11,13,22H,12H2,1-3H3,(H,21,25)(H,23,26)/t13-/m1/s1. The van der Waals surface area contributed by atoms with Crippen LogP contribution >= 0.6 is 0 Å². The molecule has 1 atom stereocenters. The summed E-state index contributed by atoms with van der Waals surface area (Å²) in [5.74, 6) is -0.248. The zero-order valence-corrected chi connectivity index (χ0v) is 15.1. The number of benzene rings is 2. The number of carbonyl (C=O) groups excluding carboxylic acids is 3. The van der Waals surface area contributed by atoms with Gasteiger partial charge in [0.25, 0.3) is 0 Å². The fourth-order valence-electron chi connectivity index (χ4n) is 2.35. The molecule has 0 spiro atoms. The highest BCUT2D eigenvalue weighted by molar-refractivity contribution is 5.97. The van der Waals surface area contributed by atoms with Gasteiger partial charge in [-0.25, -0.2) is 0 Å². The molecule has 2 amide bonds. The van der Waals surface area contributed by atoms with Crippen LogP contribution in [0.4, 0.5) is 11.4 Å². The molecule has 6 nitrogen and oxygen atoms in total. The van der Waals surface area contributed by atoms with Crippen molar-refractivity contribution in [2.45, 2.75) is 26.3 Å². The van der Waals surface area contributed by atoms with Gasteiger partial charge < -0.3 is 16.0 Å². The number of rotatable bonds is 7. The fraction of sp³-hybridized carbons (Fsp3) is 0.250. The summed E-state index contributed by atoms with van der Waals surface area (Å²) < 4.78 is 0. The van der Waals surface area contributed by atoms with Crippen molar-refractivity contribution >= 4 is 29.0 Å². The van der Waals surface area contributed by atoms with Crippen LogP contribution in [-0.2, 0) is 16.0 Å². The van der Waals surface area contributed by atoms with E-state index in [-0.39, 0.29) is 17.6 Å². The minimum Gasteiger partial charge on any atom is -0.374 e. The molecule has 0 saturated heterocycles. The molecule has 0 heterocycles. The molecule has 2 rings (SSSR count). The van der Waals surface area contributed by atoms with E-state index in [0.29, 0.717) is 17.7 Å². The van der Waals surface area contributed by atoms with E-state index in [4.69, 9.17) is 0 Å². The zero-order chi connectivity index (χ0) is 19.1. The average Bonchev–Trinajstić information content (AvgIpc) is 2.63. The first kappa shape index (κ1) is 19.2. The van der Waals surface area contributed by atoms with Crippen LogP contribution in [-0.4, -0.2) is 30.7 Å². The number of nitrogens with one attached hydrogen (secondary N) is 3. The van der Waals surface area contributed by atoms with Crippen molar-refractivity contribution in [3.05, 3.63) is 59.7 Å². The monoisotopic (exact) mass is 353 g/mol. The van der Waals surface area contributed by atoms with Crippen molar-refractivity contribution in [3.8, 4) is 0 Å². The van der Waals surface area contributed by atoms with Gasteiger partial charge in [-0.3, -0.25) is 14.4 Å². The molecule has 136 valence electrons. The van der Waals surface area contributed by atoms with Gasteiger partial charge in [-0.15, -0.1) is 0 Å². The van der Waals surface area contributed by atoms with Gasteiger partial charge in [0.1, 0.15) is 6.04 Å². The number of hydrogen-bond donors (Lipinski definition) is 3. The molecule has 0 unspecified atom stereocenters. The van der Waals surface area contributed by atoms with Crippen LogP contribution in [0, 0.1) is 0 Å². The highest BCUT2D eigenvalue weighted by Crippen LogP contribution is 2.14. The van der Waals surface area contributed by atoms with Crippen LogP contribution in [0.5, 0.6) is 0 Å². The van der Waals surface area contributed by atoms with Crippen molar-refractivity contribution in [1.82, 2.24) is 5.32 Å². The van der Waals surface area contributed by atoms with E-state index in [9.17, 15) is 14.4 Å². The molecule has 2 aromatic carbocycles. The van der Waals surface area contributed by atoms with Gasteiger partial charge in [0.05, 0.1) is 6.42 Å². The largest absolute Gasteiger partial charge is 0.374 e. The number of Topliss-reactive ketones (excluding diaryl/α,β-unsaturated/α-hetero) is 1. The molecule has 2 aromatic rings. The summed E-state index contributed by atoms with van der Waals surface area (Å²) in [5, 5.41) is 8.51. The lowest BCUT2D eigenvalue weighted by atomic mass is 10.1. The fourth-order valence-corrected chi connectivity index (χ4v) is 2.35. The third-order valence-electron chi connectivity index (χ3n) is 3.93. The highest BCUT2D eigenvalue weighted by Gasteiger charge is 2.13. The Kier molecular flexibility index (Phi) is 6.49. The number of anilines is 2. The first-order valence-electron chi connectivity index (χ1n) is 8.37. The Morgan fingerprint density at radius 2 is 1.50 bits per heavy atom. The SMILES string of the molecule is CNC(=O)Cc1ccc(N[C@H](C)C(=O)Nc2ccc(C(C)=O)cc2)cc1. The Morgan fingerprint density at radius 3 is 2.04 bits per heavy atom.